The number of halogens is 1. The van der Waals surface area contributed by atoms with Crippen LogP contribution in [0.1, 0.15) is 34.1 Å². The molecule has 0 radical (unpaired) electrons. The van der Waals surface area contributed by atoms with Gasteiger partial charge in [0.2, 0.25) is 0 Å². The zero-order valence-electron chi connectivity index (χ0n) is 15.0. The van der Waals surface area contributed by atoms with Gasteiger partial charge in [0, 0.05) is 55.1 Å². The summed E-state index contributed by atoms with van der Waals surface area (Å²) in [6.45, 7) is 12.4. The minimum absolute atomic E-state index is 0. The number of hydrogen-bond donors (Lipinski definition) is 1. The lowest BCUT2D eigenvalue weighted by atomic mass is 9.57. The molecule has 0 bridgehead atoms. The smallest absolute Gasteiger partial charge is 0.193 e. The maximum Gasteiger partial charge on any atom is 0.193 e. The lowest BCUT2D eigenvalue weighted by Gasteiger charge is -2.55. The van der Waals surface area contributed by atoms with Gasteiger partial charge in [0.1, 0.15) is 0 Å². The first-order valence-electron chi connectivity index (χ1n) is 8.66. The van der Waals surface area contributed by atoms with Crippen LogP contribution in [0.15, 0.2) is 4.99 Å². The molecule has 23 heavy (non-hydrogen) atoms. The third kappa shape index (κ3) is 3.64. The Hall–Kier alpha value is 0.310. The third-order valence-electron chi connectivity index (χ3n) is 5.73. The summed E-state index contributed by atoms with van der Waals surface area (Å²) >= 11 is 2.11. The summed E-state index contributed by atoms with van der Waals surface area (Å²) in [5.74, 6) is 3.67. The van der Waals surface area contributed by atoms with Crippen molar-refractivity contribution in [3.8, 4) is 0 Å². The second kappa shape index (κ2) is 7.68. The van der Waals surface area contributed by atoms with Gasteiger partial charge in [-0.3, -0.25) is 4.99 Å². The summed E-state index contributed by atoms with van der Waals surface area (Å²) in [7, 11) is 1.92. The number of guanidine groups is 1. The number of nitrogens with one attached hydrogen (secondary N) is 1. The van der Waals surface area contributed by atoms with Crippen molar-refractivity contribution in [1.82, 2.24) is 10.2 Å². The highest BCUT2D eigenvalue weighted by Gasteiger charge is 2.59. The van der Waals surface area contributed by atoms with Gasteiger partial charge >= 0.3 is 0 Å². The van der Waals surface area contributed by atoms with Gasteiger partial charge in [0.25, 0.3) is 0 Å². The highest BCUT2D eigenvalue weighted by Crippen LogP contribution is 2.52. The fraction of sp³-hybridized carbons (Fsp3) is 0.941. The van der Waals surface area contributed by atoms with Crippen molar-refractivity contribution in [2.24, 2.45) is 22.2 Å². The van der Waals surface area contributed by atoms with Crippen molar-refractivity contribution in [1.29, 1.82) is 0 Å². The zero-order chi connectivity index (χ0) is 15.9. The van der Waals surface area contributed by atoms with Gasteiger partial charge in [-0.25, -0.2) is 0 Å². The zero-order valence-corrected chi connectivity index (χ0v) is 18.2. The minimum atomic E-state index is 0. The van der Waals surface area contributed by atoms with Crippen LogP contribution >= 0.6 is 35.7 Å². The molecule has 3 fully saturated rings. The lowest BCUT2D eigenvalue weighted by Crippen LogP contribution is -2.68. The minimum Gasteiger partial charge on any atom is -0.377 e. The standard InChI is InChI=1S/C17H31N3OS.HI/c1-11(2)13-10-20(7-9-22-13)16(18-5)19-14-12-6-8-21-15(12)17(14,3)4;/h11-15H,6-10H2,1-5H3,(H,18,19);1H. The Bertz CT molecular complexity index is 444. The quantitative estimate of drug-likeness (QED) is 0.396. The van der Waals surface area contributed by atoms with E-state index in [0.717, 1.165) is 31.6 Å². The van der Waals surface area contributed by atoms with E-state index in [4.69, 9.17) is 4.74 Å². The molecule has 0 aromatic carbocycles. The van der Waals surface area contributed by atoms with E-state index in [1.165, 1.54) is 12.2 Å². The van der Waals surface area contributed by atoms with Crippen molar-refractivity contribution in [3.63, 3.8) is 0 Å². The maximum absolute atomic E-state index is 5.91. The summed E-state index contributed by atoms with van der Waals surface area (Å²) in [5, 5.41) is 4.49. The van der Waals surface area contributed by atoms with Crippen LogP contribution in [-0.2, 0) is 4.74 Å². The van der Waals surface area contributed by atoms with Gasteiger partial charge in [0.05, 0.1) is 6.10 Å². The van der Waals surface area contributed by atoms with Crippen LogP contribution < -0.4 is 5.32 Å². The average Bonchev–Trinajstić information content (AvgIpc) is 2.95. The largest absolute Gasteiger partial charge is 0.377 e. The van der Waals surface area contributed by atoms with Crippen molar-refractivity contribution in [3.05, 3.63) is 0 Å². The first kappa shape index (κ1) is 19.6. The van der Waals surface area contributed by atoms with Gasteiger partial charge in [-0.15, -0.1) is 24.0 Å². The highest BCUT2D eigenvalue weighted by atomic mass is 127. The van der Waals surface area contributed by atoms with Crippen LogP contribution in [0, 0.1) is 17.3 Å². The molecular formula is C17H32IN3OS. The van der Waals surface area contributed by atoms with E-state index in [2.05, 4.69) is 54.7 Å². The number of thioether (sulfide) groups is 1. The molecule has 3 rings (SSSR count). The molecule has 2 heterocycles. The van der Waals surface area contributed by atoms with Crippen LogP contribution in [-0.4, -0.2) is 60.8 Å². The van der Waals surface area contributed by atoms with Crippen LogP contribution in [0.5, 0.6) is 0 Å². The second-order valence-electron chi connectivity index (χ2n) is 7.83. The Morgan fingerprint density at radius 3 is 2.78 bits per heavy atom. The van der Waals surface area contributed by atoms with Crippen molar-refractivity contribution in [2.45, 2.75) is 51.5 Å². The number of hydrogen-bond acceptors (Lipinski definition) is 3. The van der Waals surface area contributed by atoms with E-state index < -0.39 is 0 Å². The van der Waals surface area contributed by atoms with E-state index in [1.807, 2.05) is 7.05 Å². The van der Waals surface area contributed by atoms with E-state index >= 15 is 0 Å². The van der Waals surface area contributed by atoms with Gasteiger partial charge < -0.3 is 15.0 Å². The molecule has 134 valence electrons. The molecule has 0 aromatic rings. The first-order valence-corrected chi connectivity index (χ1v) is 9.71. The molecule has 0 amide bonds. The monoisotopic (exact) mass is 453 g/mol. The van der Waals surface area contributed by atoms with E-state index in [1.54, 1.807) is 0 Å². The molecule has 1 N–H and O–H groups in total. The SMILES string of the molecule is CN=C(NC1C2CCOC2C1(C)C)N1CCSC(C(C)C)C1.I. The van der Waals surface area contributed by atoms with Gasteiger partial charge in [-0.2, -0.15) is 11.8 Å². The molecule has 1 aliphatic carbocycles. The molecule has 0 aromatic heterocycles. The van der Waals surface area contributed by atoms with Crippen LogP contribution in [0.3, 0.4) is 0 Å². The van der Waals surface area contributed by atoms with Crippen LogP contribution in [0.25, 0.3) is 0 Å². The Kier molecular flexibility index (Phi) is 6.56. The Morgan fingerprint density at radius 1 is 1.39 bits per heavy atom. The summed E-state index contributed by atoms with van der Waals surface area (Å²) in [4.78, 5) is 7.05. The predicted octanol–water partition coefficient (Wildman–Crippen LogP) is 3.07. The van der Waals surface area contributed by atoms with Crippen LogP contribution in [0.4, 0.5) is 0 Å². The molecule has 1 saturated carbocycles. The van der Waals surface area contributed by atoms with E-state index in [-0.39, 0.29) is 29.4 Å². The fourth-order valence-electron chi connectivity index (χ4n) is 4.32. The Morgan fingerprint density at radius 2 is 2.13 bits per heavy atom. The summed E-state index contributed by atoms with van der Waals surface area (Å²) in [6.07, 6.45) is 1.62. The number of ether oxygens (including phenoxy) is 1. The first-order chi connectivity index (χ1) is 10.4. The maximum atomic E-state index is 5.91. The van der Waals surface area contributed by atoms with Gasteiger partial charge in [-0.1, -0.05) is 27.7 Å². The molecule has 3 aliphatic rings. The van der Waals surface area contributed by atoms with E-state index in [9.17, 15) is 0 Å². The van der Waals surface area contributed by atoms with Crippen LogP contribution in [0.2, 0.25) is 0 Å². The summed E-state index contributed by atoms with van der Waals surface area (Å²) < 4.78 is 5.91. The molecule has 6 heteroatoms. The number of fused-ring (bicyclic) bond motifs is 1. The Labute approximate surface area is 162 Å². The number of aliphatic imine (C=N–C) groups is 1. The second-order valence-corrected chi connectivity index (χ2v) is 9.18. The summed E-state index contributed by atoms with van der Waals surface area (Å²) in [6, 6.07) is 0.491. The Balaban J connectivity index is 0.00000192. The molecule has 4 nitrogen and oxygen atoms in total. The van der Waals surface area contributed by atoms with Crippen molar-refractivity contribution >= 4 is 41.7 Å². The van der Waals surface area contributed by atoms with Gasteiger partial charge in [-0.05, 0) is 12.3 Å². The highest BCUT2D eigenvalue weighted by molar-refractivity contribution is 14.0. The van der Waals surface area contributed by atoms with Crippen molar-refractivity contribution < 1.29 is 4.74 Å². The topological polar surface area (TPSA) is 36.9 Å². The molecule has 0 spiro atoms. The number of rotatable bonds is 2. The third-order valence-corrected chi connectivity index (χ3v) is 7.27. The molecule has 2 saturated heterocycles. The van der Waals surface area contributed by atoms with E-state index in [0.29, 0.717) is 23.3 Å². The number of nitrogens with zero attached hydrogens (tertiary/aromatic N) is 2. The van der Waals surface area contributed by atoms with Gasteiger partial charge in [0.15, 0.2) is 5.96 Å². The predicted molar refractivity (Wildman–Crippen MR) is 110 cm³/mol. The molecule has 2 aliphatic heterocycles. The molecule has 4 atom stereocenters. The average molecular weight is 453 g/mol. The lowest BCUT2D eigenvalue weighted by molar-refractivity contribution is -0.107. The molecule has 4 unspecified atom stereocenters. The fourth-order valence-corrected chi connectivity index (χ4v) is 5.62. The summed E-state index contributed by atoms with van der Waals surface area (Å²) in [5.41, 5.74) is 0.207. The normalized spacial score (nSPS) is 36.3. The van der Waals surface area contributed by atoms with Crippen molar-refractivity contribution in [2.75, 3.05) is 32.5 Å². The molecular weight excluding hydrogens is 421 g/mol.